The molecule has 16 heavy (non-hydrogen) atoms. The van der Waals surface area contributed by atoms with Crippen LogP contribution >= 0.6 is 11.6 Å². The molecule has 0 bridgehead atoms. The lowest BCUT2D eigenvalue weighted by atomic mass is 10.0. The Kier molecular flexibility index (Phi) is 3.57. The molecule has 2 rings (SSSR count). The van der Waals surface area contributed by atoms with E-state index in [0.717, 1.165) is 21.7 Å². The monoisotopic (exact) mass is 233 g/mol. The van der Waals surface area contributed by atoms with Gasteiger partial charge in [-0.2, -0.15) is 0 Å². The van der Waals surface area contributed by atoms with Gasteiger partial charge in [0.05, 0.1) is 6.61 Å². The van der Waals surface area contributed by atoms with Crippen molar-refractivity contribution < 1.29 is 4.84 Å². The van der Waals surface area contributed by atoms with E-state index in [4.69, 9.17) is 17.5 Å². The summed E-state index contributed by atoms with van der Waals surface area (Å²) < 4.78 is 0. The Morgan fingerprint density at radius 2 is 1.69 bits per heavy atom. The minimum absolute atomic E-state index is 0.402. The molecule has 0 aliphatic heterocycles. The minimum Gasteiger partial charge on any atom is -0.300 e. The summed E-state index contributed by atoms with van der Waals surface area (Å²) >= 11 is 5.86. The van der Waals surface area contributed by atoms with Gasteiger partial charge in [0.15, 0.2) is 0 Å². The summed E-state index contributed by atoms with van der Waals surface area (Å²) in [6.45, 7) is 0.402. The van der Waals surface area contributed by atoms with Crippen LogP contribution in [0.1, 0.15) is 5.56 Å². The van der Waals surface area contributed by atoms with E-state index in [1.54, 1.807) is 0 Å². The van der Waals surface area contributed by atoms with Crippen LogP contribution in [0.25, 0.3) is 11.1 Å². The fourth-order valence-corrected chi connectivity index (χ4v) is 1.77. The molecule has 2 N–H and O–H groups in total. The van der Waals surface area contributed by atoms with Crippen molar-refractivity contribution in [2.45, 2.75) is 6.61 Å². The van der Waals surface area contributed by atoms with Crippen LogP contribution in [-0.4, -0.2) is 0 Å². The second-order valence-corrected chi connectivity index (χ2v) is 3.91. The van der Waals surface area contributed by atoms with E-state index in [1.807, 2.05) is 48.5 Å². The molecule has 3 heteroatoms. The van der Waals surface area contributed by atoms with Crippen molar-refractivity contribution in [3.05, 3.63) is 59.1 Å². The van der Waals surface area contributed by atoms with Crippen molar-refractivity contribution in [3.63, 3.8) is 0 Å². The normalized spacial score (nSPS) is 10.4. The van der Waals surface area contributed by atoms with Crippen molar-refractivity contribution in [1.29, 1.82) is 0 Å². The molecule has 82 valence electrons. The fraction of sp³-hybridized carbons (Fsp3) is 0.0769. The van der Waals surface area contributed by atoms with Gasteiger partial charge in [-0.3, -0.25) is 4.84 Å². The van der Waals surface area contributed by atoms with E-state index in [9.17, 15) is 0 Å². The van der Waals surface area contributed by atoms with E-state index in [0.29, 0.717) is 6.61 Å². The molecule has 0 heterocycles. The molecule has 0 aromatic heterocycles. The van der Waals surface area contributed by atoms with Crippen LogP contribution in [-0.2, 0) is 11.4 Å². The molecule has 0 unspecified atom stereocenters. The second-order valence-electron chi connectivity index (χ2n) is 3.48. The number of rotatable bonds is 3. The zero-order valence-corrected chi connectivity index (χ0v) is 9.45. The Morgan fingerprint density at radius 1 is 1.00 bits per heavy atom. The summed E-state index contributed by atoms with van der Waals surface area (Å²) in [6.07, 6.45) is 0. The van der Waals surface area contributed by atoms with Crippen LogP contribution in [0.3, 0.4) is 0 Å². The third kappa shape index (κ3) is 2.42. The Bertz CT molecular complexity index is 468. The molecule has 2 aromatic rings. The molecular weight excluding hydrogens is 222 g/mol. The first-order valence-electron chi connectivity index (χ1n) is 4.97. The van der Waals surface area contributed by atoms with E-state index in [2.05, 4.69) is 4.84 Å². The van der Waals surface area contributed by atoms with E-state index < -0.39 is 0 Å². The lowest BCUT2D eigenvalue weighted by Crippen LogP contribution is -2.00. The van der Waals surface area contributed by atoms with Crippen LogP contribution in [0.4, 0.5) is 0 Å². The highest BCUT2D eigenvalue weighted by molar-refractivity contribution is 6.30. The van der Waals surface area contributed by atoms with Gasteiger partial charge in [0.25, 0.3) is 0 Å². The molecule has 0 aliphatic carbocycles. The Morgan fingerprint density at radius 3 is 2.38 bits per heavy atom. The van der Waals surface area contributed by atoms with Crippen LogP contribution < -0.4 is 5.90 Å². The zero-order chi connectivity index (χ0) is 11.4. The molecule has 0 atom stereocenters. The lowest BCUT2D eigenvalue weighted by molar-refractivity contribution is 0.124. The minimum atomic E-state index is 0.402. The summed E-state index contributed by atoms with van der Waals surface area (Å²) in [7, 11) is 0. The fourth-order valence-electron chi connectivity index (χ4n) is 1.65. The highest BCUT2D eigenvalue weighted by Crippen LogP contribution is 2.25. The molecular formula is C13H12ClNO. The average molecular weight is 234 g/mol. The molecule has 2 aromatic carbocycles. The smallest absolute Gasteiger partial charge is 0.0936 e. The Balaban J connectivity index is 2.42. The first kappa shape index (κ1) is 11.1. The van der Waals surface area contributed by atoms with Gasteiger partial charge < -0.3 is 0 Å². The molecule has 0 aliphatic rings. The van der Waals surface area contributed by atoms with Gasteiger partial charge in [-0.1, -0.05) is 48.0 Å². The maximum absolute atomic E-state index is 5.86. The van der Waals surface area contributed by atoms with Crippen molar-refractivity contribution in [1.82, 2.24) is 0 Å². The zero-order valence-electron chi connectivity index (χ0n) is 8.69. The van der Waals surface area contributed by atoms with Gasteiger partial charge in [-0.15, -0.1) is 0 Å². The number of benzene rings is 2. The van der Waals surface area contributed by atoms with Gasteiger partial charge in [0.1, 0.15) is 0 Å². The first-order chi connectivity index (χ1) is 7.81. The Labute approximate surface area is 99.6 Å². The van der Waals surface area contributed by atoms with Crippen molar-refractivity contribution in [2.75, 3.05) is 0 Å². The number of nitrogens with two attached hydrogens (primary N) is 1. The van der Waals surface area contributed by atoms with Gasteiger partial charge >= 0.3 is 0 Å². The molecule has 0 spiro atoms. The quantitative estimate of drug-likeness (QED) is 0.825. The molecule has 0 saturated heterocycles. The topological polar surface area (TPSA) is 35.2 Å². The summed E-state index contributed by atoms with van der Waals surface area (Å²) in [5, 5.41) is 0.733. The molecule has 0 fully saturated rings. The lowest BCUT2D eigenvalue weighted by Gasteiger charge is -2.08. The van der Waals surface area contributed by atoms with Gasteiger partial charge in [-0.05, 0) is 28.8 Å². The number of halogens is 1. The van der Waals surface area contributed by atoms with Gasteiger partial charge in [-0.25, -0.2) is 5.90 Å². The highest BCUT2D eigenvalue weighted by atomic mass is 35.5. The molecule has 0 amide bonds. The van der Waals surface area contributed by atoms with Crippen molar-refractivity contribution in [2.24, 2.45) is 5.90 Å². The SMILES string of the molecule is NOCc1ccccc1-c1ccc(Cl)cc1. The second kappa shape index (κ2) is 5.12. The summed E-state index contributed by atoms with van der Waals surface area (Å²) in [4.78, 5) is 4.69. The molecule has 0 radical (unpaired) electrons. The van der Waals surface area contributed by atoms with Crippen LogP contribution in [0.15, 0.2) is 48.5 Å². The van der Waals surface area contributed by atoms with Crippen molar-refractivity contribution >= 4 is 11.6 Å². The van der Waals surface area contributed by atoms with E-state index in [1.165, 1.54) is 0 Å². The molecule has 2 nitrogen and oxygen atoms in total. The predicted molar refractivity (Wildman–Crippen MR) is 65.9 cm³/mol. The number of hydrogen-bond donors (Lipinski definition) is 1. The Hall–Kier alpha value is -1.35. The first-order valence-corrected chi connectivity index (χ1v) is 5.34. The van der Waals surface area contributed by atoms with E-state index >= 15 is 0 Å². The highest BCUT2D eigenvalue weighted by Gasteiger charge is 2.03. The van der Waals surface area contributed by atoms with Gasteiger partial charge in [0.2, 0.25) is 0 Å². The maximum Gasteiger partial charge on any atom is 0.0936 e. The summed E-state index contributed by atoms with van der Waals surface area (Å²) in [6, 6.07) is 15.7. The summed E-state index contributed by atoms with van der Waals surface area (Å²) in [5.41, 5.74) is 3.29. The van der Waals surface area contributed by atoms with Crippen LogP contribution in [0, 0.1) is 0 Å². The van der Waals surface area contributed by atoms with Gasteiger partial charge in [0, 0.05) is 5.02 Å². The standard InChI is InChI=1S/C13H12ClNO/c14-12-7-5-10(6-8-12)13-4-2-1-3-11(13)9-16-15/h1-8H,9,15H2. The van der Waals surface area contributed by atoms with Crippen molar-refractivity contribution in [3.8, 4) is 11.1 Å². The predicted octanol–water partition coefficient (Wildman–Crippen LogP) is 3.40. The number of hydrogen-bond acceptors (Lipinski definition) is 2. The van der Waals surface area contributed by atoms with E-state index in [-0.39, 0.29) is 0 Å². The third-order valence-corrected chi connectivity index (χ3v) is 2.66. The summed E-state index contributed by atoms with van der Waals surface area (Å²) in [5.74, 6) is 5.11. The van der Waals surface area contributed by atoms with Crippen LogP contribution in [0.5, 0.6) is 0 Å². The molecule has 0 saturated carbocycles. The maximum atomic E-state index is 5.86. The third-order valence-electron chi connectivity index (χ3n) is 2.41. The largest absolute Gasteiger partial charge is 0.300 e. The van der Waals surface area contributed by atoms with Crippen LogP contribution in [0.2, 0.25) is 5.02 Å². The average Bonchev–Trinajstić information content (AvgIpc) is 2.32.